The van der Waals surface area contributed by atoms with Crippen LogP contribution in [0.2, 0.25) is 0 Å². The van der Waals surface area contributed by atoms with E-state index in [4.69, 9.17) is 0 Å². The lowest BCUT2D eigenvalue weighted by Gasteiger charge is -2.35. The minimum absolute atomic E-state index is 0. The number of halogens is 3. The summed E-state index contributed by atoms with van der Waals surface area (Å²) in [5.41, 5.74) is 3.37. The second-order valence-corrected chi connectivity index (χ2v) is 9.70. The number of anilines is 3. The van der Waals surface area contributed by atoms with Crippen LogP contribution in [0.25, 0.3) is 22.2 Å². The lowest BCUT2D eigenvalue weighted by molar-refractivity contribution is 0.271. The monoisotopic (exact) mass is 539 g/mol. The Kier molecular flexibility index (Phi) is 8.38. The van der Waals surface area contributed by atoms with E-state index < -0.39 is 11.6 Å². The molecule has 0 bridgehead atoms. The highest BCUT2D eigenvalue weighted by Gasteiger charge is 2.18. The van der Waals surface area contributed by atoms with Gasteiger partial charge in [0.05, 0.1) is 18.1 Å². The number of pyridine rings is 2. The molecule has 0 atom stereocenters. The summed E-state index contributed by atoms with van der Waals surface area (Å²) in [6.45, 7) is 13.1. The number of likely N-dealkylation sites (N-methyl/N-ethyl adjacent to an activating group) is 1. The standard InChI is InChI=1S/C28H31F2N7.ClH/c1-5-36-8-10-37(11-9-36)20-6-7-25(31-15-20)34-28-32-16-24(30)26(35-28)19-13-22-21(17(2)3)12-18(4)33-27(22)23(29)14-19;/h6-7,12-17H,5,8-11H2,1-4H3,(H,31,32,34,35);1H. The van der Waals surface area contributed by atoms with E-state index in [-0.39, 0.29) is 35.5 Å². The van der Waals surface area contributed by atoms with E-state index in [9.17, 15) is 4.39 Å². The molecule has 0 saturated carbocycles. The van der Waals surface area contributed by atoms with Gasteiger partial charge in [-0.3, -0.25) is 4.98 Å². The van der Waals surface area contributed by atoms with Crippen molar-refractivity contribution in [2.75, 3.05) is 42.9 Å². The highest BCUT2D eigenvalue weighted by molar-refractivity contribution is 5.88. The van der Waals surface area contributed by atoms with Gasteiger partial charge < -0.3 is 15.1 Å². The maximum atomic E-state index is 15.1. The van der Waals surface area contributed by atoms with Gasteiger partial charge in [-0.2, -0.15) is 0 Å². The molecule has 0 amide bonds. The molecule has 7 nitrogen and oxygen atoms in total. The zero-order valence-electron chi connectivity index (χ0n) is 22.0. The lowest BCUT2D eigenvalue weighted by atomic mass is 9.95. The predicted octanol–water partition coefficient (Wildman–Crippen LogP) is 6.10. The van der Waals surface area contributed by atoms with Crippen molar-refractivity contribution >= 4 is 40.8 Å². The van der Waals surface area contributed by atoms with Gasteiger partial charge in [0.25, 0.3) is 0 Å². The Hall–Kier alpha value is -3.43. The molecule has 0 spiro atoms. The van der Waals surface area contributed by atoms with Crippen molar-refractivity contribution in [3.63, 3.8) is 0 Å². The number of nitrogens with zero attached hydrogens (tertiary/aromatic N) is 6. The summed E-state index contributed by atoms with van der Waals surface area (Å²) in [7, 11) is 0. The van der Waals surface area contributed by atoms with E-state index in [1.54, 1.807) is 6.07 Å². The Labute approximate surface area is 227 Å². The normalized spacial score (nSPS) is 14.1. The Morgan fingerprint density at radius 2 is 1.71 bits per heavy atom. The molecule has 0 unspecified atom stereocenters. The van der Waals surface area contributed by atoms with Gasteiger partial charge in [0.2, 0.25) is 5.95 Å². The molecule has 4 aromatic rings. The zero-order valence-corrected chi connectivity index (χ0v) is 22.8. The molecule has 10 heteroatoms. The van der Waals surface area contributed by atoms with Crippen molar-refractivity contribution < 1.29 is 8.78 Å². The van der Waals surface area contributed by atoms with E-state index in [1.165, 1.54) is 6.07 Å². The molecule has 0 aliphatic carbocycles. The van der Waals surface area contributed by atoms with Gasteiger partial charge in [0.15, 0.2) is 5.82 Å². The summed E-state index contributed by atoms with van der Waals surface area (Å²) >= 11 is 0. The smallest absolute Gasteiger partial charge is 0.229 e. The first-order valence-corrected chi connectivity index (χ1v) is 12.7. The van der Waals surface area contributed by atoms with Gasteiger partial charge in [-0.15, -0.1) is 12.4 Å². The van der Waals surface area contributed by atoms with Gasteiger partial charge in [0.1, 0.15) is 22.8 Å². The van der Waals surface area contributed by atoms with Crippen LogP contribution in [0.15, 0.2) is 42.7 Å². The molecule has 1 aliphatic rings. The molecule has 1 saturated heterocycles. The van der Waals surface area contributed by atoms with Crippen LogP contribution in [0.1, 0.15) is 37.9 Å². The number of fused-ring (bicyclic) bond motifs is 1. The fourth-order valence-corrected chi connectivity index (χ4v) is 4.77. The van der Waals surface area contributed by atoms with Crippen molar-refractivity contribution in [1.82, 2.24) is 24.8 Å². The first-order chi connectivity index (χ1) is 17.8. The van der Waals surface area contributed by atoms with E-state index in [0.717, 1.165) is 55.9 Å². The van der Waals surface area contributed by atoms with Gasteiger partial charge in [-0.05, 0) is 55.3 Å². The number of hydrogen-bond acceptors (Lipinski definition) is 7. The van der Waals surface area contributed by atoms with Gasteiger partial charge in [0, 0.05) is 42.8 Å². The number of hydrogen-bond donors (Lipinski definition) is 1. The molecule has 200 valence electrons. The first-order valence-electron chi connectivity index (χ1n) is 12.7. The minimum Gasteiger partial charge on any atom is -0.368 e. The zero-order chi connectivity index (χ0) is 26.1. The number of rotatable bonds is 6. The average molecular weight is 540 g/mol. The molecule has 1 aromatic carbocycles. The molecule has 38 heavy (non-hydrogen) atoms. The molecule has 3 aromatic heterocycles. The molecule has 1 aliphatic heterocycles. The van der Waals surface area contributed by atoms with E-state index in [1.807, 2.05) is 45.2 Å². The largest absolute Gasteiger partial charge is 0.368 e. The Morgan fingerprint density at radius 3 is 2.37 bits per heavy atom. The van der Waals surface area contributed by atoms with E-state index in [2.05, 4.69) is 42.0 Å². The second-order valence-electron chi connectivity index (χ2n) is 9.70. The first kappa shape index (κ1) is 27.6. The molecular weight excluding hydrogens is 508 g/mol. The van der Waals surface area contributed by atoms with Crippen LogP contribution in [0.4, 0.5) is 26.2 Å². The number of aryl methyl sites for hydroxylation is 1. The summed E-state index contributed by atoms with van der Waals surface area (Å²) in [5, 5.41) is 3.70. The van der Waals surface area contributed by atoms with Gasteiger partial charge >= 0.3 is 0 Å². The average Bonchev–Trinajstić information content (AvgIpc) is 2.90. The van der Waals surface area contributed by atoms with E-state index >= 15 is 4.39 Å². The fourth-order valence-electron chi connectivity index (χ4n) is 4.77. The molecule has 0 radical (unpaired) electrons. The minimum atomic E-state index is -0.634. The maximum absolute atomic E-state index is 15.1. The lowest BCUT2D eigenvalue weighted by Crippen LogP contribution is -2.46. The number of aromatic nitrogens is 4. The Morgan fingerprint density at radius 1 is 0.947 bits per heavy atom. The quantitative estimate of drug-likeness (QED) is 0.317. The highest BCUT2D eigenvalue weighted by atomic mass is 35.5. The summed E-state index contributed by atoms with van der Waals surface area (Å²) in [6, 6.07) is 8.83. The number of nitrogens with one attached hydrogen (secondary N) is 1. The van der Waals surface area contributed by atoms with Crippen LogP contribution >= 0.6 is 12.4 Å². The summed E-state index contributed by atoms with van der Waals surface area (Å²) < 4.78 is 30.0. The topological polar surface area (TPSA) is 70.1 Å². The molecular formula is C28H32ClF2N7. The Bertz CT molecular complexity index is 1420. The maximum Gasteiger partial charge on any atom is 0.229 e. The van der Waals surface area contributed by atoms with Crippen molar-refractivity contribution in [2.24, 2.45) is 0 Å². The van der Waals surface area contributed by atoms with Crippen LogP contribution in [-0.4, -0.2) is 57.6 Å². The number of benzene rings is 1. The summed E-state index contributed by atoms with van der Waals surface area (Å²) in [4.78, 5) is 22.0. The second kappa shape index (κ2) is 11.5. The molecule has 1 N–H and O–H groups in total. The number of piperazine rings is 1. The van der Waals surface area contributed by atoms with Crippen LogP contribution in [0, 0.1) is 18.6 Å². The third-order valence-electron chi connectivity index (χ3n) is 6.84. The van der Waals surface area contributed by atoms with Gasteiger partial charge in [-0.1, -0.05) is 20.8 Å². The van der Waals surface area contributed by atoms with Crippen molar-refractivity contribution in [1.29, 1.82) is 0 Å². The molecule has 5 rings (SSSR count). The SMILES string of the molecule is CCN1CCN(c2ccc(Nc3ncc(F)c(-c4cc(F)c5nc(C)cc(C(C)C)c5c4)n3)nc2)CC1.Cl. The van der Waals surface area contributed by atoms with Gasteiger partial charge in [-0.25, -0.2) is 23.7 Å². The fraction of sp³-hybridized carbons (Fsp3) is 0.357. The van der Waals surface area contributed by atoms with Crippen LogP contribution in [0.3, 0.4) is 0 Å². The van der Waals surface area contributed by atoms with Crippen molar-refractivity contribution in [3.05, 3.63) is 65.6 Å². The molecule has 4 heterocycles. The highest BCUT2D eigenvalue weighted by Crippen LogP contribution is 2.32. The third-order valence-corrected chi connectivity index (χ3v) is 6.84. The van der Waals surface area contributed by atoms with Crippen molar-refractivity contribution in [3.8, 4) is 11.3 Å². The third kappa shape index (κ3) is 5.68. The summed E-state index contributed by atoms with van der Waals surface area (Å²) in [6.07, 6.45) is 2.90. The Balaban J connectivity index is 0.00000336. The van der Waals surface area contributed by atoms with E-state index in [0.29, 0.717) is 16.8 Å². The molecule has 1 fully saturated rings. The summed E-state index contributed by atoms with van der Waals surface area (Å²) in [5.74, 6) is -0.275. The van der Waals surface area contributed by atoms with Crippen LogP contribution in [-0.2, 0) is 0 Å². The van der Waals surface area contributed by atoms with Crippen molar-refractivity contribution in [2.45, 2.75) is 33.6 Å². The van der Waals surface area contributed by atoms with Crippen LogP contribution < -0.4 is 10.2 Å². The van der Waals surface area contributed by atoms with Crippen LogP contribution in [0.5, 0.6) is 0 Å². The predicted molar refractivity (Wildman–Crippen MR) is 151 cm³/mol.